The van der Waals surface area contributed by atoms with Crippen LogP contribution in [0.1, 0.15) is 30.1 Å². The molecule has 0 fully saturated rings. The topological polar surface area (TPSA) is 40.7 Å². The van der Waals surface area contributed by atoms with E-state index in [9.17, 15) is 0 Å². The number of aromatic nitrogens is 2. The molecule has 17 heavy (non-hydrogen) atoms. The Balaban J connectivity index is 1.68. The van der Waals surface area contributed by atoms with Gasteiger partial charge in [0.05, 0.1) is 3.79 Å². The Bertz CT molecular complexity index is 438. The number of nitrogens with zero attached hydrogens (tertiary/aromatic N) is 1. The molecule has 2 rings (SSSR count). The first-order chi connectivity index (χ1) is 8.25. The molecule has 0 spiro atoms. The predicted molar refractivity (Wildman–Crippen MR) is 75.3 cm³/mol. The van der Waals surface area contributed by atoms with Crippen molar-refractivity contribution in [1.82, 2.24) is 15.3 Å². The minimum atomic E-state index is 0.419. The second kappa shape index (κ2) is 6.33. The second-order valence-electron chi connectivity index (χ2n) is 3.96. The lowest BCUT2D eigenvalue weighted by molar-refractivity contribution is 0.561. The number of aromatic amines is 1. The Morgan fingerprint density at radius 1 is 1.53 bits per heavy atom. The molecular formula is C12H16BrN3S. The normalized spacial score (nSPS) is 12.8. The fraction of sp³-hybridized carbons (Fsp3) is 0.417. The quantitative estimate of drug-likeness (QED) is 0.801. The van der Waals surface area contributed by atoms with Gasteiger partial charge in [0.15, 0.2) is 0 Å². The van der Waals surface area contributed by atoms with Crippen molar-refractivity contribution in [2.24, 2.45) is 0 Å². The van der Waals surface area contributed by atoms with Gasteiger partial charge in [0.2, 0.25) is 0 Å². The lowest BCUT2D eigenvalue weighted by Gasteiger charge is -2.11. The SMILES string of the molecule is CC(NCCCc1ncc[nH]1)c1ccc(Br)s1. The molecule has 0 aliphatic carbocycles. The summed E-state index contributed by atoms with van der Waals surface area (Å²) in [5.74, 6) is 1.07. The van der Waals surface area contributed by atoms with Crippen molar-refractivity contribution in [3.05, 3.63) is 39.0 Å². The number of rotatable bonds is 6. The third-order valence-corrected chi connectivity index (χ3v) is 4.42. The molecule has 0 radical (unpaired) electrons. The molecule has 0 saturated carbocycles. The first kappa shape index (κ1) is 12.8. The summed E-state index contributed by atoms with van der Waals surface area (Å²) in [6.45, 7) is 3.21. The van der Waals surface area contributed by atoms with Gasteiger partial charge >= 0.3 is 0 Å². The van der Waals surface area contributed by atoms with Crippen molar-refractivity contribution in [2.45, 2.75) is 25.8 Å². The highest BCUT2D eigenvalue weighted by Gasteiger charge is 2.06. The molecule has 0 aliphatic heterocycles. The number of H-pyrrole nitrogens is 1. The molecule has 2 heterocycles. The first-order valence-corrected chi connectivity index (χ1v) is 7.33. The molecule has 0 bridgehead atoms. The lowest BCUT2D eigenvalue weighted by atomic mass is 10.2. The fourth-order valence-corrected chi connectivity index (χ4v) is 3.12. The third kappa shape index (κ3) is 3.94. The highest BCUT2D eigenvalue weighted by molar-refractivity contribution is 9.11. The van der Waals surface area contributed by atoms with Gasteiger partial charge in [-0.3, -0.25) is 0 Å². The lowest BCUT2D eigenvalue weighted by Crippen LogP contribution is -2.19. The monoisotopic (exact) mass is 313 g/mol. The Labute approximate surface area is 114 Å². The molecule has 2 N–H and O–H groups in total. The van der Waals surface area contributed by atoms with Crippen molar-refractivity contribution >= 4 is 27.3 Å². The van der Waals surface area contributed by atoms with Gasteiger partial charge in [0, 0.05) is 29.7 Å². The van der Waals surface area contributed by atoms with Gasteiger partial charge in [-0.2, -0.15) is 0 Å². The molecule has 1 unspecified atom stereocenters. The number of halogens is 1. The number of nitrogens with one attached hydrogen (secondary N) is 2. The highest BCUT2D eigenvalue weighted by atomic mass is 79.9. The minimum Gasteiger partial charge on any atom is -0.349 e. The Morgan fingerprint density at radius 2 is 2.41 bits per heavy atom. The van der Waals surface area contributed by atoms with Crippen LogP contribution in [-0.2, 0) is 6.42 Å². The van der Waals surface area contributed by atoms with Crippen LogP contribution in [0.2, 0.25) is 0 Å². The van der Waals surface area contributed by atoms with Crippen LogP contribution in [0.15, 0.2) is 28.3 Å². The Kier molecular flexibility index (Phi) is 4.76. The molecule has 0 saturated heterocycles. The zero-order valence-corrected chi connectivity index (χ0v) is 12.1. The maximum Gasteiger partial charge on any atom is 0.106 e. The molecule has 0 aliphatic rings. The van der Waals surface area contributed by atoms with Crippen LogP contribution < -0.4 is 5.32 Å². The molecule has 3 nitrogen and oxygen atoms in total. The van der Waals surface area contributed by atoms with Crippen LogP contribution in [0.3, 0.4) is 0 Å². The van der Waals surface area contributed by atoms with Gasteiger partial charge in [0.1, 0.15) is 5.82 Å². The molecule has 92 valence electrons. The number of thiophene rings is 1. The summed E-state index contributed by atoms with van der Waals surface area (Å²) in [4.78, 5) is 8.69. The number of hydrogen-bond acceptors (Lipinski definition) is 3. The van der Waals surface area contributed by atoms with E-state index in [0.717, 1.165) is 25.2 Å². The van der Waals surface area contributed by atoms with Gasteiger partial charge in [0.25, 0.3) is 0 Å². The van der Waals surface area contributed by atoms with Gasteiger partial charge in [-0.1, -0.05) is 0 Å². The Hall–Kier alpha value is -0.650. The summed E-state index contributed by atoms with van der Waals surface area (Å²) in [5, 5.41) is 3.52. The van der Waals surface area contributed by atoms with Crippen molar-refractivity contribution in [1.29, 1.82) is 0 Å². The van der Waals surface area contributed by atoms with E-state index in [-0.39, 0.29) is 0 Å². The largest absolute Gasteiger partial charge is 0.349 e. The smallest absolute Gasteiger partial charge is 0.106 e. The van der Waals surface area contributed by atoms with Crippen molar-refractivity contribution in [2.75, 3.05) is 6.54 Å². The standard InChI is InChI=1S/C12H16BrN3S/c1-9(10-4-5-11(13)17-10)14-6-2-3-12-15-7-8-16-12/h4-5,7-9,14H,2-3,6H2,1H3,(H,15,16). The summed E-state index contributed by atoms with van der Waals surface area (Å²) >= 11 is 5.27. The van der Waals surface area contributed by atoms with E-state index in [4.69, 9.17) is 0 Å². The van der Waals surface area contributed by atoms with Gasteiger partial charge < -0.3 is 10.3 Å². The molecule has 2 aromatic rings. The van der Waals surface area contributed by atoms with Crippen molar-refractivity contribution in [3.8, 4) is 0 Å². The van der Waals surface area contributed by atoms with Crippen molar-refractivity contribution in [3.63, 3.8) is 0 Å². The van der Waals surface area contributed by atoms with Crippen LogP contribution in [-0.4, -0.2) is 16.5 Å². The molecule has 0 amide bonds. The molecule has 5 heteroatoms. The maximum absolute atomic E-state index is 4.21. The van der Waals surface area contributed by atoms with E-state index in [1.54, 1.807) is 17.5 Å². The first-order valence-electron chi connectivity index (χ1n) is 5.72. The molecule has 0 aromatic carbocycles. The fourth-order valence-electron chi connectivity index (χ4n) is 1.67. The van der Waals surface area contributed by atoms with E-state index in [1.807, 2.05) is 6.20 Å². The van der Waals surface area contributed by atoms with E-state index < -0.39 is 0 Å². The van der Waals surface area contributed by atoms with Crippen LogP contribution in [0.5, 0.6) is 0 Å². The number of imidazole rings is 1. The summed E-state index contributed by atoms with van der Waals surface area (Å²) in [5.41, 5.74) is 0. The van der Waals surface area contributed by atoms with E-state index in [2.05, 4.69) is 50.3 Å². The summed E-state index contributed by atoms with van der Waals surface area (Å²) < 4.78 is 1.19. The average molecular weight is 314 g/mol. The number of hydrogen-bond donors (Lipinski definition) is 2. The van der Waals surface area contributed by atoms with E-state index >= 15 is 0 Å². The van der Waals surface area contributed by atoms with E-state index in [1.165, 1.54) is 8.66 Å². The van der Waals surface area contributed by atoms with Crippen LogP contribution in [0.4, 0.5) is 0 Å². The highest BCUT2D eigenvalue weighted by Crippen LogP contribution is 2.26. The van der Waals surface area contributed by atoms with Gasteiger partial charge in [-0.15, -0.1) is 11.3 Å². The van der Waals surface area contributed by atoms with Crippen LogP contribution in [0, 0.1) is 0 Å². The van der Waals surface area contributed by atoms with Gasteiger partial charge in [-0.25, -0.2) is 4.98 Å². The zero-order valence-electron chi connectivity index (χ0n) is 9.74. The summed E-state index contributed by atoms with van der Waals surface area (Å²) in [7, 11) is 0. The average Bonchev–Trinajstić information content (AvgIpc) is 2.95. The maximum atomic E-state index is 4.21. The summed E-state index contributed by atoms with van der Waals surface area (Å²) in [6, 6.07) is 4.68. The zero-order chi connectivity index (χ0) is 12.1. The second-order valence-corrected chi connectivity index (χ2v) is 6.45. The molecule has 1 atom stereocenters. The van der Waals surface area contributed by atoms with Crippen LogP contribution in [0.25, 0.3) is 0 Å². The van der Waals surface area contributed by atoms with Crippen LogP contribution >= 0.6 is 27.3 Å². The van der Waals surface area contributed by atoms with Crippen molar-refractivity contribution < 1.29 is 0 Å². The number of aryl methyl sites for hydroxylation is 1. The molecule has 2 aromatic heterocycles. The predicted octanol–water partition coefficient (Wildman–Crippen LogP) is 3.52. The molecular weight excluding hydrogens is 298 g/mol. The minimum absolute atomic E-state index is 0.419. The van der Waals surface area contributed by atoms with E-state index in [0.29, 0.717) is 6.04 Å². The van der Waals surface area contributed by atoms with Gasteiger partial charge in [-0.05, 0) is 48.0 Å². The Morgan fingerprint density at radius 3 is 3.06 bits per heavy atom. The summed E-state index contributed by atoms with van der Waals surface area (Å²) in [6.07, 6.45) is 5.77. The third-order valence-electron chi connectivity index (χ3n) is 2.62.